The Bertz CT molecular complexity index is 435. The maximum Gasteiger partial charge on any atom is 0.123 e. The zero-order valence-electron chi connectivity index (χ0n) is 13.8. The van der Waals surface area contributed by atoms with E-state index < -0.39 is 0 Å². The maximum atomic E-state index is 13.1. The molecule has 0 radical (unpaired) electrons. The quantitative estimate of drug-likeness (QED) is 0.875. The molecule has 1 heterocycles. The Morgan fingerprint density at radius 2 is 1.95 bits per heavy atom. The van der Waals surface area contributed by atoms with Crippen molar-refractivity contribution in [3.8, 4) is 0 Å². The Kier molecular flexibility index (Phi) is 6.80. The molecule has 2 rings (SSSR count). The van der Waals surface area contributed by atoms with E-state index in [9.17, 15) is 4.39 Å². The zero-order chi connectivity index (χ0) is 15.9. The summed E-state index contributed by atoms with van der Waals surface area (Å²) in [5.41, 5.74) is 1.18. The molecule has 0 aromatic heterocycles. The van der Waals surface area contributed by atoms with Crippen LogP contribution >= 0.6 is 0 Å². The Balaban J connectivity index is 2.03. The topological polar surface area (TPSA) is 26.7 Å². The molecule has 0 saturated carbocycles. The standard InChI is InChI=1S/C18H29FN2O/c1-15(2)18-14-20(10-4-12-22)9-3-11-21(18)13-16-5-7-17(19)8-6-16/h5-8,15,18,22H,3-4,9-14H2,1-2H3/t18-/m0/s1. The lowest BCUT2D eigenvalue weighted by Crippen LogP contribution is -2.44. The van der Waals surface area contributed by atoms with Crippen LogP contribution in [0.2, 0.25) is 0 Å². The normalized spacial score (nSPS) is 21.2. The van der Waals surface area contributed by atoms with Crippen molar-refractivity contribution in [2.45, 2.75) is 39.3 Å². The minimum atomic E-state index is -0.171. The summed E-state index contributed by atoms with van der Waals surface area (Å²) in [6.45, 7) is 9.91. The van der Waals surface area contributed by atoms with Gasteiger partial charge in [0, 0.05) is 38.8 Å². The molecule has 3 nitrogen and oxygen atoms in total. The molecule has 1 aromatic rings. The average molecular weight is 308 g/mol. The Morgan fingerprint density at radius 3 is 2.59 bits per heavy atom. The summed E-state index contributed by atoms with van der Waals surface area (Å²) in [5, 5.41) is 9.04. The molecule has 0 unspecified atom stereocenters. The lowest BCUT2D eigenvalue weighted by atomic mass is 10.0. The molecule has 0 aliphatic carbocycles. The van der Waals surface area contributed by atoms with Gasteiger partial charge in [0.05, 0.1) is 0 Å². The largest absolute Gasteiger partial charge is 0.396 e. The monoisotopic (exact) mass is 308 g/mol. The number of aliphatic hydroxyl groups excluding tert-OH is 1. The number of nitrogens with zero attached hydrogens (tertiary/aromatic N) is 2. The minimum Gasteiger partial charge on any atom is -0.396 e. The molecule has 1 aliphatic rings. The predicted molar refractivity (Wildman–Crippen MR) is 88.2 cm³/mol. The fraction of sp³-hybridized carbons (Fsp3) is 0.667. The fourth-order valence-electron chi connectivity index (χ4n) is 3.29. The maximum absolute atomic E-state index is 13.1. The highest BCUT2D eigenvalue weighted by Crippen LogP contribution is 2.20. The molecule has 1 fully saturated rings. The molecule has 1 N–H and O–H groups in total. The first-order chi connectivity index (χ1) is 10.6. The number of aliphatic hydroxyl groups is 1. The number of benzene rings is 1. The van der Waals surface area contributed by atoms with E-state index in [-0.39, 0.29) is 12.4 Å². The molecule has 0 spiro atoms. The van der Waals surface area contributed by atoms with Gasteiger partial charge in [0.1, 0.15) is 5.82 Å². The van der Waals surface area contributed by atoms with Crippen LogP contribution in [0, 0.1) is 11.7 Å². The van der Waals surface area contributed by atoms with Crippen molar-refractivity contribution in [3.05, 3.63) is 35.6 Å². The third-order valence-corrected chi connectivity index (χ3v) is 4.53. The first-order valence-electron chi connectivity index (χ1n) is 8.42. The number of hydrogen-bond donors (Lipinski definition) is 1. The van der Waals surface area contributed by atoms with Gasteiger partial charge in [0.15, 0.2) is 0 Å². The van der Waals surface area contributed by atoms with Crippen LogP contribution in [0.15, 0.2) is 24.3 Å². The smallest absolute Gasteiger partial charge is 0.123 e. The van der Waals surface area contributed by atoms with Crippen LogP contribution in [0.5, 0.6) is 0 Å². The van der Waals surface area contributed by atoms with Crippen LogP contribution < -0.4 is 0 Å². The fourth-order valence-corrected chi connectivity index (χ4v) is 3.29. The van der Waals surface area contributed by atoms with Crippen LogP contribution in [0.3, 0.4) is 0 Å². The summed E-state index contributed by atoms with van der Waals surface area (Å²) in [4.78, 5) is 5.02. The first-order valence-corrected chi connectivity index (χ1v) is 8.42. The molecule has 0 bridgehead atoms. The Hall–Kier alpha value is -0.970. The molecule has 0 amide bonds. The molecule has 124 valence electrons. The van der Waals surface area contributed by atoms with Gasteiger partial charge in [-0.1, -0.05) is 26.0 Å². The lowest BCUT2D eigenvalue weighted by Gasteiger charge is -2.34. The van der Waals surface area contributed by atoms with E-state index in [0.717, 1.165) is 45.6 Å². The van der Waals surface area contributed by atoms with Crippen molar-refractivity contribution in [1.82, 2.24) is 9.80 Å². The van der Waals surface area contributed by atoms with Gasteiger partial charge in [-0.2, -0.15) is 0 Å². The third-order valence-electron chi connectivity index (χ3n) is 4.53. The summed E-state index contributed by atoms with van der Waals surface area (Å²) < 4.78 is 13.1. The van der Waals surface area contributed by atoms with Crippen molar-refractivity contribution in [2.24, 2.45) is 5.92 Å². The van der Waals surface area contributed by atoms with Crippen molar-refractivity contribution in [3.63, 3.8) is 0 Å². The van der Waals surface area contributed by atoms with Gasteiger partial charge in [-0.25, -0.2) is 4.39 Å². The van der Waals surface area contributed by atoms with Gasteiger partial charge in [-0.05, 0) is 43.0 Å². The Morgan fingerprint density at radius 1 is 1.23 bits per heavy atom. The minimum absolute atomic E-state index is 0.171. The molecular formula is C18H29FN2O. The van der Waals surface area contributed by atoms with E-state index in [2.05, 4.69) is 23.6 Å². The second-order valence-electron chi connectivity index (χ2n) is 6.64. The SMILES string of the molecule is CC(C)[C@@H]1CN(CCCO)CCCN1Cc1ccc(F)cc1. The van der Waals surface area contributed by atoms with Gasteiger partial charge in [-0.3, -0.25) is 4.90 Å². The molecule has 1 atom stereocenters. The summed E-state index contributed by atoms with van der Waals surface area (Å²) in [5.74, 6) is 0.408. The van der Waals surface area contributed by atoms with Gasteiger partial charge in [-0.15, -0.1) is 0 Å². The third kappa shape index (κ3) is 5.04. The van der Waals surface area contributed by atoms with E-state index in [1.54, 1.807) is 12.1 Å². The Labute approximate surface area is 133 Å². The van der Waals surface area contributed by atoms with Gasteiger partial charge >= 0.3 is 0 Å². The zero-order valence-corrected chi connectivity index (χ0v) is 13.8. The lowest BCUT2D eigenvalue weighted by molar-refractivity contribution is 0.129. The van der Waals surface area contributed by atoms with E-state index in [1.807, 2.05) is 12.1 Å². The van der Waals surface area contributed by atoms with Crippen molar-refractivity contribution >= 4 is 0 Å². The van der Waals surface area contributed by atoms with Crippen molar-refractivity contribution in [1.29, 1.82) is 0 Å². The van der Waals surface area contributed by atoms with E-state index in [1.165, 1.54) is 5.56 Å². The molecule has 4 heteroatoms. The average Bonchev–Trinajstić information content (AvgIpc) is 2.70. The summed E-state index contributed by atoms with van der Waals surface area (Å²) in [6.07, 6.45) is 2.00. The summed E-state index contributed by atoms with van der Waals surface area (Å²) in [6, 6.07) is 7.38. The van der Waals surface area contributed by atoms with Crippen LogP contribution in [0.25, 0.3) is 0 Å². The summed E-state index contributed by atoms with van der Waals surface area (Å²) >= 11 is 0. The molecule has 22 heavy (non-hydrogen) atoms. The van der Waals surface area contributed by atoms with Crippen molar-refractivity contribution in [2.75, 3.05) is 32.8 Å². The molecular weight excluding hydrogens is 279 g/mol. The van der Waals surface area contributed by atoms with E-state index in [4.69, 9.17) is 5.11 Å². The summed E-state index contributed by atoms with van der Waals surface area (Å²) in [7, 11) is 0. The van der Waals surface area contributed by atoms with Crippen molar-refractivity contribution < 1.29 is 9.50 Å². The van der Waals surface area contributed by atoms with Crippen LogP contribution in [-0.2, 0) is 6.54 Å². The van der Waals surface area contributed by atoms with Crippen LogP contribution in [0.1, 0.15) is 32.3 Å². The molecule has 1 aliphatic heterocycles. The van der Waals surface area contributed by atoms with E-state index >= 15 is 0 Å². The second kappa shape index (κ2) is 8.61. The highest BCUT2D eigenvalue weighted by atomic mass is 19.1. The first kappa shape index (κ1) is 17.4. The highest BCUT2D eigenvalue weighted by Gasteiger charge is 2.27. The predicted octanol–water partition coefficient (Wildman–Crippen LogP) is 2.74. The highest BCUT2D eigenvalue weighted by molar-refractivity contribution is 5.16. The van der Waals surface area contributed by atoms with E-state index in [0.29, 0.717) is 12.0 Å². The number of hydrogen-bond acceptors (Lipinski definition) is 3. The van der Waals surface area contributed by atoms with Gasteiger partial charge in [0.2, 0.25) is 0 Å². The molecule has 1 aromatic carbocycles. The van der Waals surface area contributed by atoms with Gasteiger partial charge in [0.25, 0.3) is 0 Å². The van der Waals surface area contributed by atoms with Crippen LogP contribution in [-0.4, -0.2) is 53.7 Å². The number of halogens is 1. The van der Waals surface area contributed by atoms with Crippen LogP contribution in [0.4, 0.5) is 4.39 Å². The second-order valence-corrected chi connectivity index (χ2v) is 6.64. The molecule has 1 saturated heterocycles. The number of rotatable bonds is 6. The van der Waals surface area contributed by atoms with Gasteiger partial charge < -0.3 is 10.0 Å².